The lowest BCUT2D eigenvalue weighted by atomic mass is 10.4. The summed E-state index contributed by atoms with van der Waals surface area (Å²) < 4.78 is 2.31. The SMILES string of the molecule is NC(=O)c1ccn(-c2nc(Cl)nc3ccsc23)n1. The summed E-state index contributed by atoms with van der Waals surface area (Å²) in [6, 6.07) is 3.37. The van der Waals surface area contributed by atoms with Crippen molar-refractivity contribution in [3.05, 3.63) is 34.7 Å². The van der Waals surface area contributed by atoms with Crippen molar-refractivity contribution in [2.24, 2.45) is 5.73 Å². The molecule has 0 unspecified atom stereocenters. The van der Waals surface area contributed by atoms with Gasteiger partial charge in [-0.25, -0.2) is 9.67 Å². The summed E-state index contributed by atoms with van der Waals surface area (Å²) in [7, 11) is 0. The van der Waals surface area contributed by atoms with E-state index in [1.54, 1.807) is 6.20 Å². The van der Waals surface area contributed by atoms with E-state index in [1.165, 1.54) is 22.1 Å². The number of rotatable bonds is 2. The van der Waals surface area contributed by atoms with Crippen LogP contribution in [0.5, 0.6) is 0 Å². The molecule has 0 aromatic carbocycles. The topological polar surface area (TPSA) is 86.7 Å². The second kappa shape index (κ2) is 4.04. The summed E-state index contributed by atoms with van der Waals surface area (Å²) in [5, 5.41) is 6.07. The zero-order valence-electron chi connectivity index (χ0n) is 8.87. The number of nitrogens with two attached hydrogens (primary N) is 1. The highest BCUT2D eigenvalue weighted by atomic mass is 35.5. The molecule has 0 aliphatic carbocycles. The fourth-order valence-electron chi connectivity index (χ4n) is 1.55. The third kappa shape index (κ3) is 1.73. The minimum absolute atomic E-state index is 0.132. The molecule has 0 radical (unpaired) electrons. The number of nitrogens with zero attached hydrogens (tertiary/aromatic N) is 4. The van der Waals surface area contributed by atoms with E-state index in [1.807, 2.05) is 11.4 Å². The molecule has 2 N–H and O–H groups in total. The molecule has 3 aromatic rings. The second-order valence-electron chi connectivity index (χ2n) is 3.46. The molecule has 0 aliphatic heterocycles. The summed E-state index contributed by atoms with van der Waals surface area (Å²) in [6.07, 6.45) is 1.61. The number of hydrogen-bond donors (Lipinski definition) is 1. The van der Waals surface area contributed by atoms with Crippen LogP contribution in [0.1, 0.15) is 10.5 Å². The number of carbonyl (C=O) groups excluding carboxylic acids is 1. The third-order valence-electron chi connectivity index (χ3n) is 2.32. The maximum atomic E-state index is 11.0. The number of amides is 1. The van der Waals surface area contributed by atoms with Gasteiger partial charge in [0.15, 0.2) is 5.82 Å². The standard InChI is InChI=1S/C10H6ClN5OS/c11-10-13-5-2-4-18-7(5)9(14-10)16-3-1-6(15-16)8(12)17/h1-4H,(H2,12,17). The predicted molar refractivity (Wildman–Crippen MR) is 68.1 cm³/mol. The molecular weight excluding hydrogens is 274 g/mol. The molecule has 90 valence electrons. The van der Waals surface area contributed by atoms with Crippen LogP contribution in [0, 0.1) is 0 Å². The largest absolute Gasteiger partial charge is 0.364 e. The van der Waals surface area contributed by atoms with Gasteiger partial charge in [-0.1, -0.05) is 0 Å². The summed E-state index contributed by atoms with van der Waals surface area (Å²) >= 11 is 7.32. The molecule has 3 heterocycles. The van der Waals surface area contributed by atoms with Crippen LogP contribution in [0.25, 0.3) is 16.0 Å². The monoisotopic (exact) mass is 279 g/mol. The lowest BCUT2D eigenvalue weighted by Gasteiger charge is -2.02. The number of halogens is 1. The maximum absolute atomic E-state index is 11.0. The van der Waals surface area contributed by atoms with Crippen LogP contribution in [0.4, 0.5) is 0 Å². The van der Waals surface area contributed by atoms with Crippen molar-refractivity contribution >= 4 is 39.1 Å². The van der Waals surface area contributed by atoms with Gasteiger partial charge in [0.05, 0.1) is 10.2 Å². The van der Waals surface area contributed by atoms with Crippen LogP contribution >= 0.6 is 22.9 Å². The van der Waals surface area contributed by atoms with Crippen molar-refractivity contribution in [3.63, 3.8) is 0 Å². The lowest BCUT2D eigenvalue weighted by Crippen LogP contribution is -2.12. The molecule has 1 amide bonds. The van der Waals surface area contributed by atoms with Gasteiger partial charge in [0.25, 0.3) is 5.91 Å². The van der Waals surface area contributed by atoms with Crippen LogP contribution in [-0.2, 0) is 0 Å². The summed E-state index contributed by atoms with van der Waals surface area (Å²) in [5.41, 5.74) is 6.07. The first-order valence-corrected chi connectivity index (χ1v) is 6.17. The van der Waals surface area contributed by atoms with E-state index >= 15 is 0 Å². The second-order valence-corrected chi connectivity index (χ2v) is 4.72. The Balaban J connectivity index is 2.23. The van der Waals surface area contributed by atoms with Gasteiger partial charge in [-0.3, -0.25) is 4.79 Å². The summed E-state index contributed by atoms with van der Waals surface area (Å²) in [4.78, 5) is 19.2. The number of carbonyl (C=O) groups is 1. The van der Waals surface area contributed by atoms with E-state index in [-0.39, 0.29) is 11.0 Å². The van der Waals surface area contributed by atoms with E-state index in [0.717, 1.165) is 10.2 Å². The first kappa shape index (κ1) is 11.1. The fourth-order valence-corrected chi connectivity index (χ4v) is 2.53. The van der Waals surface area contributed by atoms with Gasteiger partial charge in [0.1, 0.15) is 5.69 Å². The Labute approximate surface area is 110 Å². The van der Waals surface area contributed by atoms with Crippen LogP contribution in [0.3, 0.4) is 0 Å². The van der Waals surface area contributed by atoms with Crippen LogP contribution in [0.15, 0.2) is 23.7 Å². The molecule has 0 spiro atoms. The molecule has 0 atom stereocenters. The van der Waals surface area contributed by atoms with Gasteiger partial charge in [-0.05, 0) is 29.1 Å². The molecule has 0 bridgehead atoms. The van der Waals surface area contributed by atoms with Crippen LogP contribution in [-0.4, -0.2) is 25.7 Å². The van der Waals surface area contributed by atoms with Gasteiger partial charge >= 0.3 is 0 Å². The predicted octanol–water partition coefficient (Wildman–Crippen LogP) is 1.63. The molecule has 8 heteroatoms. The Hall–Kier alpha value is -1.99. The van der Waals surface area contributed by atoms with Crippen molar-refractivity contribution < 1.29 is 4.79 Å². The minimum atomic E-state index is -0.587. The van der Waals surface area contributed by atoms with Crippen molar-refractivity contribution in [1.29, 1.82) is 0 Å². The maximum Gasteiger partial charge on any atom is 0.269 e. The highest BCUT2D eigenvalue weighted by molar-refractivity contribution is 7.17. The van der Waals surface area contributed by atoms with Crippen LogP contribution in [0.2, 0.25) is 5.28 Å². The Morgan fingerprint density at radius 2 is 2.22 bits per heavy atom. The molecule has 3 aromatic heterocycles. The molecule has 0 saturated heterocycles. The lowest BCUT2D eigenvalue weighted by molar-refractivity contribution is 0.0995. The molecular formula is C10H6ClN5OS. The van der Waals surface area contributed by atoms with E-state index in [0.29, 0.717) is 5.82 Å². The number of fused-ring (bicyclic) bond motifs is 1. The number of hydrogen-bond acceptors (Lipinski definition) is 5. The molecule has 0 aliphatic rings. The Morgan fingerprint density at radius 3 is 2.94 bits per heavy atom. The molecule has 3 rings (SSSR count). The summed E-state index contributed by atoms with van der Waals surface area (Å²) in [5.74, 6) is -0.0520. The average molecular weight is 280 g/mol. The van der Waals surface area contributed by atoms with Gasteiger partial charge in [0.2, 0.25) is 5.28 Å². The van der Waals surface area contributed by atoms with Crippen molar-refractivity contribution in [3.8, 4) is 5.82 Å². The zero-order valence-corrected chi connectivity index (χ0v) is 10.4. The Morgan fingerprint density at radius 1 is 1.39 bits per heavy atom. The Bertz CT molecular complexity index is 750. The number of thiophene rings is 1. The van der Waals surface area contributed by atoms with Gasteiger partial charge in [-0.2, -0.15) is 10.1 Å². The summed E-state index contributed by atoms with van der Waals surface area (Å²) in [6.45, 7) is 0. The first-order chi connectivity index (χ1) is 8.65. The van der Waals surface area contributed by atoms with Gasteiger partial charge in [-0.15, -0.1) is 11.3 Å². The van der Waals surface area contributed by atoms with E-state index in [4.69, 9.17) is 17.3 Å². The zero-order chi connectivity index (χ0) is 12.7. The normalized spacial score (nSPS) is 10.9. The number of aromatic nitrogens is 4. The molecule has 18 heavy (non-hydrogen) atoms. The van der Waals surface area contributed by atoms with Gasteiger partial charge in [0, 0.05) is 6.20 Å². The highest BCUT2D eigenvalue weighted by Gasteiger charge is 2.12. The van der Waals surface area contributed by atoms with Crippen LogP contribution < -0.4 is 5.73 Å². The van der Waals surface area contributed by atoms with E-state index < -0.39 is 5.91 Å². The highest BCUT2D eigenvalue weighted by Crippen LogP contribution is 2.25. The fraction of sp³-hybridized carbons (Fsp3) is 0. The molecule has 0 fully saturated rings. The first-order valence-electron chi connectivity index (χ1n) is 4.92. The minimum Gasteiger partial charge on any atom is -0.364 e. The smallest absolute Gasteiger partial charge is 0.269 e. The van der Waals surface area contributed by atoms with E-state index in [2.05, 4.69) is 15.1 Å². The van der Waals surface area contributed by atoms with E-state index in [9.17, 15) is 4.79 Å². The Kier molecular flexibility index (Phi) is 2.49. The average Bonchev–Trinajstić information content (AvgIpc) is 2.95. The van der Waals surface area contributed by atoms with Crippen molar-refractivity contribution in [2.45, 2.75) is 0 Å². The van der Waals surface area contributed by atoms with Gasteiger partial charge < -0.3 is 5.73 Å². The molecule has 0 saturated carbocycles. The molecule has 6 nitrogen and oxygen atoms in total. The van der Waals surface area contributed by atoms with Crippen molar-refractivity contribution in [1.82, 2.24) is 19.7 Å². The van der Waals surface area contributed by atoms with Crippen molar-refractivity contribution in [2.75, 3.05) is 0 Å². The quantitative estimate of drug-likeness (QED) is 0.722. The third-order valence-corrected chi connectivity index (χ3v) is 3.39. The number of primary amides is 1.